The van der Waals surface area contributed by atoms with Gasteiger partial charge in [-0.05, 0) is 31.7 Å². The summed E-state index contributed by atoms with van der Waals surface area (Å²) in [4.78, 5) is 11.6. The minimum absolute atomic E-state index is 0.373. The highest BCUT2D eigenvalue weighted by atomic mass is 15.3. The van der Waals surface area contributed by atoms with Crippen LogP contribution in [0.3, 0.4) is 0 Å². The lowest BCUT2D eigenvalue weighted by Crippen LogP contribution is -2.41. The molecule has 0 bridgehead atoms. The molecule has 0 spiro atoms. The number of piperidine rings is 1. The van der Waals surface area contributed by atoms with Crippen molar-refractivity contribution in [1.29, 1.82) is 0 Å². The molecular weight excluding hydrogens is 236 g/mol. The summed E-state index contributed by atoms with van der Waals surface area (Å²) < 4.78 is 0. The summed E-state index contributed by atoms with van der Waals surface area (Å²) in [7, 11) is 0. The molecule has 2 rings (SSSR count). The Morgan fingerprint density at radius 3 is 2.84 bits per heavy atom. The summed E-state index contributed by atoms with van der Waals surface area (Å²) in [6, 6.07) is 0. The number of aromatic nitrogens is 2. The van der Waals surface area contributed by atoms with E-state index in [9.17, 15) is 0 Å². The largest absolute Gasteiger partial charge is 0.340 e. The Morgan fingerprint density at radius 2 is 2.21 bits per heavy atom. The lowest BCUT2D eigenvalue weighted by molar-refractivity contribution is 0.291. The third-order valence-corrected chi connectivity index (χ3v) is 3.82. The van der Waals surface area contributed by atoms with Crippen LogP contribution in [0, 0.1) is 12.3 Å². The average Bonchev–Trinajstić information content (AvgIpc) is 2.36. The quantitative estimate of drug-likeness (QED) is 0.905. The van der Waals surface area contributed by atoms with E-state index in [0.29, 0.717) is 5.41 Å². The van der Waals surface area contributed by atoms with Crippen molar-refractivity contribution in [2.45, 2.75) is 47.1 Å². The van der Waals surface area contributed by atoms with Crippen LogP contribution in [0.15, 0.2) is 6.20 Å². The molecule has 1 N–H and O–H groups in total. The van der Waals surface area contributed by atoms with Gasteiger partial charge in [0.1, 0.15) is 0 Å². The Hall–Kier alpha value is -1.16. The van der Waals surface area contributed by atoms with Crippen LogP contribution in [0.2, 0.25) is 0 Å². The minimum Gasteiger partial charge on any atom is -0.340 e. The summed E-state index contributed by atoms with van der Waals surface area (Å²) in [6.07, 6.45) is 4.50. The Morgan fingerprint density at radius 1 is 1.42 bits per heavy atom. The molecule has 0 saturated carbocycles. The van der Waals surface area contributed by atoms with Gasteiger partial charge in [-0.15, -0.1) is 0 Å². The van der Waals surface area contributed by atoms with Crippen molar-refractivity contribution >= 4 is 5.95 Å². The number of hydrogen-bond donors (Lipinski definition) is 1. The van der Waals surface area contributed by atoms with E-state index in [2.05, 4.69) is 42.9 Å². The summed E-state index contributed by atoms with van der Waals surface area (Å²) in [6.45, 7) is 12.8. The number of anilines is 1. The Kier molecular flexibility index (Phi) is 4.40. The smallest absolute Gasteiger partial charge is 0.225 e. The van der Waals surface area contributed by atoms with Crippen molar-refractivity contribution in [2.75, 3.05) is 24.5 Å². The molecule has 1 aliphatic rings. The Balaban J connectivity index is 2.10. The van der Waals surface area contributed by atoms with Crippen LogP contribution in [0.25, 0.3) is 0 Å². The van der Waals surface area contributed by atoms with Gasteiger partial charge in [-0.25, -0.2) is 9.97 Å². The fraction of sp³-hybridized carbons (Fsp3) is 0.733. The number of nitrogens with one attached hydrogen (secondary N) is 1. The molecule has 2 heterocycles. The van der Waals surface area contributed by atoms with E-state index in [1.165, 1.54) is 18.4 Å². The maximum absolute atomic E-state index is 4.69. The zero-order valence-electron chi connectivity index (χ0n) is 12.7. The van der Waals surface area contributed by atoms with E-state index >= 15 is 0 Å². The summed E-state index contributed by atoms with van der Waals surface area (Å²) >= 11 is 0. The SMILES string of the molecule is CCNCc1cnc(N2CCCC(C)(C)C2)nc1C. The second-order valence-corrected chi connectivity index (χ2v) is 6.25. The van der Waals surface area contributed by atoms with Gasteiger partial charge in [-0.1, -0.05) is 20.8 Å². The maximum Gasteiger partial charge on any atom is 0.225 e. The van der Waals surface area contributed by atoms with Crippen LogP contribution in [-0.4, -0.2) is 29.6 Å². The van der Waals surface area contributed by atoms with E-state index in [1.54, 1.807) is 0 Å². The Bertz CT molecular complexity index is 428. The molecular formula is C15H26N4. The lowest BCUT2D eigenvalue weighted by atomic mass is 9.84. The van der Waals surface area contributed by atoms with Crippen LogP contribution >= 0.6 is 0 Å². The maximum atomic E-state index is 4.69. The molecule has 4 heteroatoms. The normalized spacial score (nSPS) is 18.6. The molecule has 1 fully saturated rings. The number of rotatable bonds is 4. The van der Waals surface area contributed by atoms with Crippen molar-refractivity contribution in [2.24, 2.45) is 5.41 Å². The molecule has 0 radical (unpaired) electrons. The topological polar surface area (TPSA) is 41.1 Å². The molecule has 0 unspecified atom stereocenters. The molecule has 1 aromatic rings. The second kappa shape index (κ2) is 5.87. The van der Waals surface area contributed by atoms with Gasteiger partial charge in [0.25, 0.3) is 0 Å². The molecule has 19 heavy (non-hydrogen) atoms. The van der Waals surface area contributed by atoms with Crippen molar-refractivity contribution in [1.82, 2.24) is 15.3 Å². The van der Waals surface area contributed by atoms with E-state index in [4.69, 9.17) is 4.98 Å². The molecule has 106 valence electrons. The second-order valence-electron chi connectivity index (χ2n) is 6.25. The molecule has 1 saturated heterocycles. The third-order valence-electron chi connectivity index (χ3n) is 3.82. The minimum atomic E-state index is 0.373. The molecule has 4 nitrogen and oxygen atoms in total. The van der Waals surface area contributed by atoms with Gasteiger partial charge in [-0.2, -0.15) is 0 Å². The first kappa shape index (κ1) is 14.3. The number of aryl methyl sites for hydroxylation is 1. The molecule has 0 aromatic carbocycles. The molecule has 0 amide bonds. The van der Waals surface area contributed by atoms with E-state index in [-0.39, 0.29) is 0 Å². The highest BCUT2D eigenvalue weighted by molar-refractivity contribution is 5.34. The molecule has 1 aromatic heterocycles. The highest BCUT2D eigenvalue weighted by Crippen LogP contribution is 2.30. The standard InChI is InChI=1S/C15H26N4/c1-5-16-9-13-10-17-14(18-12(13)2)19-8-6-7-15(3,4)11-19/h10,16H,5-9,11H2,1-4H3. The van der Waals surface area contributed by atoms with Gasteiger partial charge < -0.3 is 10.2 Å². The van der Waals surface area contributed by atoms with Gasteiger partial charge in [0.2, 0.25) is 5.95 Å². The van der Waals surface area contributed by atoms with Crippen LogP contribution in [0.1, 0.15) is 44.9 Å². The van der Waals surface area contributed by atoms with Crippen molar-refractivity contribution in [3.63, 3.8) is 0 Å². The first-order chi connectivity index (χ1) is 9.02. The highest BCUT2D eigenvalue weighted by Gasteiger charge is 2.27. The number of nitrogens with zero attached hydrogens (tertiary/aromatic N) is 3. The zero-order valence-corrected chi connectivity index (χ0v) is 12.7. The monoisotopic (exact) mass is 262 g/mol. The van der Waals surface area contributed by atoms with Gasteiger partial charge in [0, 0.05) is 37.1 Å². The van der Waals surface area contributed by atoms with Crippen molar-refractivity contribution in [3.8, 4) is 0 Å². The molecule has 1 aliphatic heterocycles. The summed E-state index contributed by atoms with van der Waals surface area (Å²) in [5.41, 5.74) is 2.66. The van der Waals surface area contributed by atoms with E-state index in [1.807, 2.05) is 6.20 Å². The molecule has 0 atom stereocenters. The summed E-state index contributed by atoms with van der Waals surface area (Å²) in [5, 5.41) is 3.32. The van der Waals surface area contributed by atoms with Gasteiger partial charge in [-0.3, -0.25) is 0 Å². The molecule has 0 aliphatic carbocycles. The number of hydrogen-bond acceptors (Lipinski definition) is 4. The predicted octanol–water partition coefficient (Wildman–Crippen LogP) is 2.52. The van der Waals surface area contributed by atoms with Crippen LogP contribution < -0.4 is 10.2 Å². The fourth-order valence-corrected chi connectivity index (χ4v) is 2.66. The fourth-order valence-electron chi connectivity index (χ4n) is 2.66. The van der Waals surface area contributed by atoms with Crippen molar-refractivity contribution < 1.29 is 0 Å². The van der Waals surface area contributed by atoms with Crippen LogP contribution in [0.5, 0.6) is 0 Å². The average molecular weight is 262 g/mol. The van der Waals surface area contributed by atoms with Gasteiger partial charge >= 0.3 is 0 Å². The van der Waals surface area contributed by atoms with Crippen molar-refractivity contribution in [3.05, 3.63) is 17.5 Å². The summed E-state index contributed by atoms with van der Waals surface area (Å²) in [5.74, 6) is 0.894. The van der Waals surface area contributed by atoms with Crippen LogP contribution in [0.4, 0.5) is 5.95 Å². The van der Waals surface area contributed by atoms with Gasteiger partial charge in [0.05, 0.1) is 0 Å². The third kappa shape index (κ3) is 3.66. The Labute approximate surface area is 116 Å². The first-order valence-corrected chi connectivity index (χ1v) is 7.30. The predicted molar refractivity (Wildman–Crippen MR) is 79.4 cm³/mol. The van der Waals surface area contributed by atoms with E-state index in [0.717, 1.165) is 37.8 Å². The van der Waals surface area contributed by atoms with E-state index < -0.39 is 0 Å². The lowest BCUT2D eigenvalue weighted by Gasteiger charge is -2.38. The zero-order chi connectivity index (χ0) is 13.9. The van der Waals surface area contributed by atoms with Gasteiger partial charge in [0.15, 0.2) is 0 Å². The van der Waals surface area contributed by atoms with Crippen LogP contribution in [-0.2, 0) is 6.54 Å². The first-order valence-electron chi connectivity index (χ1n) is 7.30.